The summed E-state index contributed by atoms with van der Waals surface area (Å²) in [6, 6.07) is 7.72. The molecular weight excluding hydrogens is 242 g/mol. The number of hydrogen-bond donors (Lipinski definition) is 2. The minimum absolute atomic E-state index is 0.192. The molecule has 0 spiro atoms. The molecule has 0 bridgehead atoms. The van der Waals surface area contributed by atoms with E-state index in [1.807, 2.05) is 24.3 Å². The molecule has 0 aliphatic rings. The van der Waals surface area contributed by atoms with Gasteiger partial charge in [0, 0.05) is 16.9 Å². The predicted octanol–water partition coefficient (Wildman–Crippen LogP) is 2.22. The monoisotopic (exact) mass is 251 g/mol. The molecular formula is C10H10BrN3. The van der Waals surface area contributed by atoms with Crippen LogP contribution in [0.5, 0.6) is 0 Å². The van der Waals surface area contributed by atoms with Crippen LogP contribution < -0.4 is 5.73 Å². The van der Waals surface area contributed by atoms with Crippen LogP contribution in [0.3, 0.4) is 0 Å². The highest BCUT2D eigenvalue weighted by molar-refractivity contribution is 9.10. The molecule has 1 aromatic heterocycles. The number of nitrogens with one attached hydrogen (secondary N) is 1. The molecule has 14 heavy (non-hydrogen) atoms. The molecule has 0 saturated heterocycles. The Morgan fingerprint density at radius 2 is 2.29 bits per heavy atom. The largest absolute Gasteiger partial charge is 0.347 e. The first-order valence-corrected chi connectivity index (χ1v) is 5.07. The van der Waals surface area contributed by atoms with Crippen molar-refractivity contribution in [2.45, 2.75) is 6.04 Å². The lowest BCUT2D eigenvalue weighted by atomic mass is 10.1. The van der Waals surface area contributed by atoms with Crippen molar-refractivity contribution >= 4 is 15.9 Å². The van der Waals surface area contributed by atoms with Gasteiger partial charge in [-0.1, -0.05) is 28.1 Å². The van der Waals surface area contributed by atoms with Crippen LogP contribution in [0.25, 0.3) is 0 Å². The van der Waals surface area contributed by atoms with E-state index in [9.17, 15) is 0 Å². The van der Waals surface area contributed by atoms with Crippen LogP contribution in [0.15, 0.2) is 41.1 Å². The van der Waals surface area contributed by atoms with Crippen LogP contribution >= 0.6 is 15.9 Å². The molecule has 0 radical (unpaired) electrons. The molecule has 0 aliphatic carbocycles. The Hall–Kier alpha value is -1.13. The van der Waals surface area contributed by atoms with Crippen LogP contribution in [-0.2, 0) is 0 Å². The molecule has 1 heterocycles. The maximum atomic E-state index is 6.02. The summed E-state index contributed by atoms with van der Waals surface area (Å²) in [6.07, 6.45) is 3.47. The van der Waals surface area contributed by atoms with Crippen molar-refractivity contribution in [3.8, 4) is 0 Å². The summed E-state index contributed by atoms with van der Waals surface area (Å²) in [5.41, 5.74) is 7.05. The first kappa shape index (κ1) is 9.43. The standard InChI is InChI=1S/C10H10BrN3/c11-8-3-1-2-7(6-8)9(12)10-13-4-5-14-10/h1-6,9H,12H2,(H,13,14). The lowest BCUT2D eigenvalue weighted by molar-refractivity contribution is 0.800. The zero-order valence-corrected chi connectivity index (χ0v) is 9.03. The van der Waals surface area contributed by atoms with Crippen molar-refractivity contribution in [2.75, 3.05) is 0 Å². The van der Waals surface area contributed by atoms with Gasteiger partial charge in [-0.25, -0.2) is 4.98 Å². The maximum Gasteiger partial charge on any atom is 0.127 e. The lowest BCUT2D eigenvalue weighted by Crippen LogP contribution is -2.13. The normalized spacial score (nSPS) is 12.7. The second kappa shape index (κ2) is 3.94. The minimum atomic E-state index is -0.192. The van der Waals surface area contributed by atoms with Gasteiger partial charge in [0.2, 0.25) is 0 Å². The molecule has 3 N–H and O–H groups in total. The van der Waals surface area contributed by atoms with E-state index in [1.54, 1.807) is 12.4 Å². The van der Waals surface area contributed by atoms with E-state index in [0.29, 0.717) is 0 Å². The van der Waals surface area contributed by atoms with E-state index in [4.69, 9.17) is 5.73 Å². The van der Waals surface area contributed by atoms with Gasteiger partial charge in [0.15, 0.2) is 0 Å². The highest BCUT2D eigenvalue weighted by Crippen LogP contribution is 2.19. The third-order valence-electron chi connectivity index (χ3n) is 2.02. The molecule has 2 aromatic rings. The summed E-state index contributed by atoms with van der Waals surface area (Å²) < 4.78 is 1.03. The number of benzene rings is 1. The first-order chi connectivity index (χ1) is 6.77. The van der Waals surface area contributed by atoms with Crippen LogP contribution in [0.4, 0.5) is 0 Å². The Morgan fingerprint density at radius 3 is 2.93 bits per heavy atom. The van der Waals surface area contributed by atoms with Crippen molar-refractivity contribution in [3.05, 3.63) is 52.5 Å². The van der Waals surface area contributed by atoms with Gasteiger partial charge in [0.1, 0.15) is 5.82 Å². The predicted molar refractivity (Wildman–Crippen MR) is 58.8 cm³/mol. The molecule has 1 atom stereocenters. The second-order valence-electron chi connectivity index (χ2n) is 3.01. The number of aromatic nitrogens is 2. The van der Waals surface area contributed by atoms with Gasteiger partial charge >= 0.3 is 0 Å². The summed E-state index contributed by atoms with van der Waals surface area (Å²) in [5.74, 6) is 0.781. The van der Waals surface area contributed by atoms with Gasteiger partial charge in [-0.05, 0) is 17.7 Å². The maximum absolute atomic E-state index is 6.02. The molecule has 1 aromatic carbocycles. The zero-order valence-electron chi connectivity index (χ0n) is 7.44. The Balaban J connectivity index is 2.32. The molecule has 0 amide bonds. The third kappa shape index (κ3) is 1.86. The highest BCUT2D eigenvalue weighted by Gasteiger charge is 2.10. The van der Waals surface area contributed by atoms with Crippen LogP contribution in [0.2, 0.25) is 0 Å². The molecule has 4 heteroatoms. The van der Waals surface area contributed by atoms with E-state index >= 15 is 0 Å². The van der Waals surface area contributed by atoms with E-state index in [-0.39, 0.29) is 6.04 Å². The summed E-state index contributed by atoms with van der Waals surface area (Å²) in [5, 5.41) is 0. The fourth-order valence-corrected chi connectivity index (χ4v) is 1.72. The van der Waals surface area contributed by atoms with E-state index < -0.39 is 0 Å². The van der Waals surface area contributed by atoms with Crippen LogP contribution in [-0.4, -0.2) is 9.97 Å². The van der Waals surface area contributed by atoms with E-state index in [0.717, 1.165) is 15.9 Å². The first-order valence-electron chi connectivity index (χ1n) is 4.27. The Kier molecular flexibility index (Phi) is 2.65. The van der Waals surface area contributed by atoms with Crippen molar-refractivity contribution < 1.29 is 0 Å². The van der Waals surface area contributed by atoms with Gasteiger partial charge in [-0.2, -0.15) is 0 Å². The third-order valence-corrected chi connectivity index (χ3v) is 2.52. The van der Waals surface area contributed by atoms with Crippen molar-refractivity contribution in [2.24, 2.45) is 5.73 Å². The molecule has 0 aliphatic heterocycles. The Bertz CT molecular complexity index is 411. The number of rotatable bonds is 2. The number of H-pyrrole nitrogens is 1. The number of imidazole rings is 1. The second-order valence-corrected chi connectivity index (χ2v) is 3.92. The molecule has 1 unspecified atom stereocenters. The number of halogens is 1. The summed E-state index contributed by atoms with van der Waals surface area (Å²) in [4.78, 5) is 7.13. The molecule has 0 fully saturated rings. The van der Waals surface area contributed by atoms with Crippen molar-refractivity contribution in [3.63, 3.8) is 0 Å². The summed E-state index contributed by atoms with van der Waals surface area (Å²) >= 11 is 3.41. The van der Waals surface area contributed by atoms with Crippen molar-refractivity contribution in [1.29, 1.82) is 0 Å². The number of aromatic amines is 1. The average Bonchev–Trinajstić information content (AvgIpc) is 2.69. The molecule has 3 nitrogen and oxygen atoms in total. The van der Waals surface area contributed by atoms with E-state index in [2.05, 4.69) is 25.9 Å². The van der Waals surface area contributed by atoms with Crippen molar-refractivity contribution in [1.82, 2.24) is 9.97 Å². The molecule has 2 rings (SSSR count). The lowest BCUT2D eigenvalue weighted by Gasteiger charge is -2.08. The minimum Gasteiger partial charge on any atom is -0.347 e. The topological polar surface area (TPSA) is 54.7 Å². The zero-order chi connectivity index (χ0) is 9.97. The average molecular weight is 252 g/mol. The van der Waals surface area contributed by atoms with Gasteiger partial charge < -0.3 is 10.7 Å². The fraction of sp³-hybridized carbons (Fsp3) is 0.100. The smallest absolute Gasteiger partial charge is 0.127 e. The number of nitrogens with zero attached hydrogens (tertiary/aromatic N) is 1. The summed E-state index contributed by atoms with van der Waals surface area (Å²) in [7, 11) is 0. The number of hydrogen-bond acceptors (Lipinski definition) is 2. The van der Waals surface area contributed by atoms with Gasteiger partial charge in [0.05, 0.1) is 6.04 Å². The van der Waals surface area contributed by atoms with Gasteiger partial charge in [0.25, 0.3) is 0 Å². The fourth-order valence-electron chi connectivity index (χ4n) is 1.31. The van der Waals surface area contributed by atoms with Crippen LogP contribution in [0, 0.1) is 0 Å². The Labute approximate surface area is 90.5 Å². The molecule has 72 valence electrons. The quantitative estimate of drug-likeness (QED) is 0.860. The highest BCUT2D eigenvalue weighted by atomic mass is 79.9. The van der Waals surface area contributed by atoms with Crippen LogP contribution in [0.1, 0.15) is 17.4 Å². The van der Waals surface area contributed by atoms with Gasteiger partial charge in [-0.3, -0.25) is 0 Å². The SMILES string of the molecule is NC(c1cccc(Br)c1)c1ncc[nH]1. The number of nitrogens with two attached hydrogens (primary N) is 1. The Morgan fingerprint density at radius 1 is 1.43 bits per heavy atom. The molecule has 0 saturated carbocycles. The summed E-state index contributed by atoms with van der Waals surface area (Å²) in [6.45, 7) is 0. The van der Waals surface area contributed by atoms with E-state index in [1.165, 1.54) is 0 Å². The van der Waals surface area contributed by atoms with Gasteiger partial charge in [-0.15, -0.1) is 0 Å².